The Kier molecular flexibility index (Phi) is 6.27. The molecule has 0 aliphatic rings. The molecule has 5 nitrogen and oxygen atoms in total. The summed E-state index contributed by atoms with van der Waals surface area (Å²) in [7, 11) is 0. The standard InChI is InChI=1S/C20H31NO4/c1-12-9-14(13(2)11-24-17(22)19(3,4)5)16(10-15(12)21)25-18(23)20(6,7)8/h9-10,13H,11,21H2,1-8H3. The Morgan fingerprint density at radius 1 is 1.04 bits per heavy atom. The van der Waals surface area contributed by atoms with E-state index in [0.29, 0.717) is 11.4 Å². The fraction of sp³-hybridized carbons (Fsp3) is 0.600. The Labute approximate surface area is 150 Å². The minimum atomic E-state index is -0.626. The zero-order valence-corrected chi connectivity index (χ0v) is 16.6. The molecule has 1 rings (SSSR count). The van der Waals surface area contributed by atoms with Crippen LogP contribution in [0.4, 0.5) is 5.69 Å². The van der Waals surface area contributed by atoms with Gasteiger partial charge in [0.15, 0.2) is 0 Å². The Morgan fingerprint density at radius 2 is 1.56 bits per heavy atom. The summed E-state index contributed by atoms with van der Waals surface area (Å²) in [6, 6.07) is 3.55. The van der Waals surface area contributed by atoms with Gasteiger partial charge in [0, 0.05) is 23.2 Å². The molecule has 140 valence electrons. The summed E-state index contributed by atoms with van der Waals surface area (Å²) in [6.45, 7) is 14.8. The highest BCUT2D eigenvalue weighted by atomic mass is 16.5. The number of ether oxygens (including phenoxy) is 2. The van der Waals surface area contributed by atoms with E-state index in [1.165, 1.54) is 0 Å². The molecular formula is C20H31NO4. The number of carbonyl (C=O) groups is 2. The van der Waals surface area contributed by atoms with Crippen molar-refractivity contribution in [1.82, 2.24) is 0 Å². The van der Waals surface area contributed by atoms with Crippen LogP contribution in [-0.2, 0) is 14.3 Å². The molecule has 1 aromatic rings. The second-order valence-electron chi connectivity index (χ2n) is 8.64. The van der Waals surface area contributed by atoms with Crippen LogP contribution >= 0.6 is 0 Å². The van der Waals surface area contributed by atoms with Gasteiger partial charge in [0.2, 0.25) is 0 Å². The van der Waals surface area contributed by atoms with Crippen LogP contribution in [0.2, 0.25) is 0 Å². The molecule has 5 heteroatoms. The van der Waals surface area contributed by atoms with Gasteiger partial charge in [0.05, 0.1) is 17.4 Å². The molecule has 0 heterocycles. The number of hydrogen-bond acceptors (Lipinski definition) is 5. The van der Waals surface area contributed by atoms with Gasteiger partial charge in [-0.15, -0.1) is 0 Å². The molecule has 1 unspecified atom stereocenters. The van der Waals surface area contributed by atoms with Gasteiger partial charge < -0.3 is 15.2 Å². The highest BCUT2D eigenvalue weighted by Gasteiger charge is 2.27. The molecule has 0 saturated heterocycles. The molecule has 2 N–H and O–H groups in total. The second-order valence-corrected chi connectivity index (χ2v) is 8.64. The maximum Gasteiger partial charge on any atom is 0.316 e. The number of anilines is 1. The monoisotopic (exact) mass is 349 g/mol. The molecule has 0 saturated carbocycles. The summed E-state index contributed by atoms with van der Waals surface area (Å²) >= 11 is 0. The third-order valence-corrected chi connectivity index (χ3v) is 3.82. The molecule has 0 spiro atoms. The molecule has 0 radical (unpaired) electrons. The van der Waals surface area contributed by atoms with Gasteiger partial charge in [-0.25, -0.2) is 0 Å². The molecular weight excluding hydrogens is 318 g/mol. The largest absolute Gasteiger partial charge is 0.465 e. The van der Waals surface area contributed by atoms with Crippen LogP contribution < -0.4 is 10.5 Å². The number of esters is 2. The van der Waals surface area contributed by atoms with Crippen molar-refractivity contribution in [2.75, 3.05) is 12.3 Å². The molecule has 0 bridgehead atoms. The Morgan fingerprint density at radius 3 is 2.04 bits per heavy atom. The first kappa shape index (κ1) is 21.0. The van der Waals surface area contributed by atoms with Crippen molar-refractivity contribution < 1.29 is 19.1 Å². The van der Waals surface area contributed by atoms with Gasteiger partial charge >= 0.3 is 11.9 Å². The van der Waals surface area contributed by atoms with Crippen molar-refractivity contribution in [3.8, 4) is 5.75 Å². The van der Waals surface area contributed by atoms with E-state index < -0.39 is 10.8 Å². The van der Waals surface area contributed by atoms with Crippen LogP contribution in [0.15, 0.2) is 12.1 Å². The predicted octanol–water partition coefficient (Wildman–Crippen LogP) is 4.22. The smallest absolute Gasteiger partial charge is 0.316 e. The number of carbonyl (C=O) groups excluding carboxylic acids is 2. The zero-order valence-electron chi connectivity index (χ0n) is 16.6. The first-order chi connectivity index (χ1) is 11.2. The maximum atomic E-state index is 12.3. The number of rotatable bonds is 4. The summed E-state index contributed by atoms with van der Waals surface area (Å²) in [5.41, 5.74) is 7.03. The fourth-order valence-electron chi connectivity index (χ4n) is 1.96. The van der Waals surface area contributed by atoms with Crippen LogP contribution in [0.25, 0.3) is 0 Å². The van der Waals surface area contributed by atoms with E-state index in [1.807, 2.05) is 40.7 Å². The van der Waals surface area contributed by atoms with Crippen LogP contribution in [0, 0.1) is 17.8 Å². The average Bonchev–Trinajstić information content (AvgIpc) is 2.45. The van der Waals surface area contributed by atoms with Gasteiger partial charge in [-0.2, -0.15) is 0 Å². The van der Waals surface area contributed by atoms with Crippen LogP contribution in [0.5, 0.6) is 5.75 Å². The van der Waals surface area contributed by atoms with Gasteiger partial charge in [-0.05, 0) is 60.1 Å². The third-order valence-electron chi connectivity index (χ3n) is 3.82. The highest BCUT2D eigenvalue weighted by Crippen LogP contribution is 2.33. The summed E-state index contributed by atoms with van der Waals surface area (Å²) in [5.74, 6) is -0.314. The van der Waals surface area contributed by atoms with E-state index in [-0.39, 0.29) is 24.5 Å². The number of nitrogens with two attached hydrogens (primary N) is 1. The van der Waals surface area contributed by atoms with Crippen molar-refractivity contribution in [2.24, 2.45) is 10.8 Å². The summed E-state index contributed by atoms with van der Waals surface area (Å²) < 4.78 is 11.0. The summed E-state index contributed by atoms with van der Waals surface area (Å²) in [4.78, 5) is 24.2. The third kappa shape index (κ3) is 5.76. The molecule has 0 aliphatic heterocycles. The zero-order chi connectivity index (χ0) is 19.6. The molecule has 0 amide bonds. The molecule has 1 aromatic carbocycles. The lowest BCUT2D eigenvalue weighted by atomic mass is 9.95. The second kappa shape index (κ2) is 7.46. The normalized spacial score (nSPS) is 13.3. The minimum absolute atomic E-state index is 0.131. The molecule has 0 aliphatic carbocycles. The number of nitrogen functional groups attached to an aromatic ring is 1. The quantitative estimate of drug-likeness (QED) is 0.500. The van der Waals surface area contributed by atoms with Crippen LogP contribution in [0.1, 0.15) is 65.5 Å². The predicted molar refractivity (Wildman–Crippen MR) is 99.5 cm³/mol. The first-order valence-corrected chi connectivity index (χ1v) is 8.53. The average molecular weight is 349 g/mol. The van der Waals surface area contributed by atoms with Gasteiger partial charge in [0.25, 0.3) is 0 Å². The SMILES string of the molecule is Cc1cc(C(C)COC(=O)C(C)(C)C)c(OC(=O)C(C)(C)C)cc1N. The van der Waals surface area contributed by atoms with Crippen molar-refractivity contribution in [3.05, 3.63) is 23.3 Å². The maximum absolute atomic E-state index is 12.3. The summed E-state index contributed by atoms with van der Waals surface area (Å²) in [5, 5.41) is 0. The van der Waals surface area contributed by atoms with Crippen molar-refractivity contribution in [3.63, 3.8) is 0 Å². The number of hydrogen-bond donors (Lipinski definition) is 1. The van der Waals surface area contributed by atoms with E-state index in [0.717, 1.165) is 11.1 Å². The van der Waals surface area contributed by atoms with Crippen molar-refractivity contribution in [1.29, 1.82) is 0 Å². The molecule has 25 heavy (non-hydrogen) atoms. The fourth-order valence-corrected chi connectivity index (χ4v) is 1.96. The van der Waals surface area contributed by atoms with E-state index >= 15 is 0 Å². The van der Waals surface area contributed by atoms with E-state index in [2.05, 4.69) is 0 Å². The highest BCUT2D eigenvalue weighted by molar-refractivity contribution is 5.79. The minimum Gasteiger partial charge on any atom is -0.465 e. The van der Waals surface area contributed by atoms with Gasteiger partial charge in [0.1, 0.15) is 5.75 Å². The lowest BCUT2D eigenvalue weighted by Gasteiger charge is -2.23. The topological polar surface area (TPSA) is 78.6 Å². The molecule has 0 aromatic heterocycles. The van der Waals surface area contributed by atoms with Crippen LogP contribution in [-0.4, -0.2) is 18.5 Å². The van der Waals surface area contributed by atoms with E-state index in [4.69, 9.17) is 15.2 Å². The van der Waals surface area contributed by atoms with E-state index in [9.17, 15) is 9.59 Å². The van der Waals surface area contributed by atoms with Crippen molar-refractivity contribution >= 4 is 17.6 Å². The van der Waals surface area contributed by atoms with E-state index in [1.54, 1.807) is 26.8 Å². The molecule has 0 fully saturated rings. The van der Waals surface area contributed by atoms with Gasteiger partial charge in [-0.1, -0.05) is 6.92 Å². The number of aryl methyl sites for hydroxylation is 1. The Hall–Kier alpha value is -2.04. The van der Waals surface area contributed by atoms with Gasteiger partial charge in [-0.3, -0.25) is 9.59 Å². The number of benzene rings is 1. The molecule has 1 atom stereocenters. The first-order valence-electron chi connectivity index (χ1n) is 8.53. The van der Waals surface area contributed by atoms with Crippen molar-refractivity contribution in [2.45, 2.75) is 61.3 Å². The lowest BCUT2D eigenvalue weighted by molar-refractivity contribution is -0.153. The Bertz CT molecular complexity index is 651. The lowest BCUT2D eigenvalue weighted by Crippen LogP contribution is -2.27. The summed E-state index contributed by atoms with van der Waals surface area (Å²) in [6.07, 6.45) is 0. The Balaban J connectivity index is 3.06. The van der Waals surface area contributed by atoms with Crippen LogP contribution in [0.3, 0.4) is 0 Å².